The van der Waals surface area contributed by atoms with Gasteiger partial charge in [0.25, 0.3) is 5.91 Å². The van der Waals surface area contributed by atoms with Gasteiger partial charge in [0.15, 0.2) is 0 Å². The Morgan fingerprint density at radius 2 is 1.85 bits per heavy atom. The number of ether oxygens (including phenoxy) is 1. The molecule has 7 nitrogen and oxygen atoms in total. The summed E-state index contributed by atoms with van der Waals surface area (Å²) in [5.41, 5.74) is 3.02. The van der Waals surface area contributed by atoms with E-state index in [-0.39, 0.29) is 23.9 Å². The summed E-state index contributed by atoms with van der Waals surface area (Å²) in [5, 5.41) is 10.7. The maximum absolute atomic E-state index is 13.2. The van der Waals surface area contributed by atoms with Gasteiger partial charge in [0, 0.05) is 18.7 Å². The zero-order valence-electron chi connectivity index (χ0n) is 19.4. The number of rotatable bonds is 7. The van der Waals surface area contributed by atoms with Crippen LogP contribution in [-0.2, 0) is 11.4 Å². The topological polar surface area (TPSA) is 85.2 Å². The molecule has 1 aliphatic rings. The average Bonchev–Trinajstić information content (AvgIpc) is 3.21. The van der Waals surface area contributed by atoms with E-state index in [1.54, 1.807) is 4.68 Å². The minimum atomic E-state index is -0.299. The third-order valence-electron chi connectivity index (χ3n) is 6.11. The molecule has 0 radical (unpaired) electrons. The number of carbonyl (C=O) groups excluding carboxylic acids is 2. The Hall–Kier alpha value is -3.32. The molecule has 0 spiro atoms. The van der Waals surface area contributed by atoms with E-state index >= 15 is 0 Å². The number of carbonyl (C=O) groups is 2. The number of hydrogen-bond donors (Lipinski definition) is 2. The van der Waals surface area contributed by atoms with Crippen LogP contribution in [0.25, 0.3) is 0 Å². The molecule has 0 unspecified atom stereocenters. The van der Waals surface area contributed by atoms with Gasteiger partial charge in [-0.25, -0.2) is 0 Å². The second-order valence-electron chi connectivity index (χ2n) is 8.70. The molecule has 1 aromatic heterocycles. The summed E-state index contributed by atoms with van der Waals surface area (Å²) in [7, 11) is 0. The van der Waals surface area contributed by atoms with Crippen LogP contribution in [0, 0.1) is 6.92 Å². The molecule has 34 heavy (non-hydrogen) atoms. The van der Waals surface area contributed by atoms with Crippen LogP contribution in [0.4, 0.5) is 5.69 Å². The van der Waals surface area contributed by atoms with Crippen molar-refractivity contribution in [2.24, 2.45) is 0 Å². The van der Waals surface area contributed by atoms with E-state index in [2.05, 4.69) is 15.7 Å². The lowest BCUT2D eigenvalue weighted by Crippen LogP contribution is -2.37. The summed E-state index contributed by atoms with van der Waals surface area (Å²) in [6.45, 7) is 3.93. The first kappa shape index (κ1) is 23.8. The van der Waals surface area contributed by atoms with Crippen molar-refractivity contribution in [1.29, 1.82) is 0 Å². The zero-order chi connectivity index (χ0) is 24.1. The molecule has 1 heterocycles. The van der Waals surface area contributed by atoms with E-state index in [9.17, 15) is 9.59 Å². The summed E-state index contributed by atoms with van der Waals surface area (Å²) < 4.78 is 7.61. The smallest absolute Gasteiger partial charge is 0.275 e. The first-order valence-electron chi connectivity index (χ1n) is 11.5. The lowest BCUT2D eigenvalue weighted by molar-refractivity contribution is -0.119. The number of nitrogens with zero attached hydrogens (tertiary/aromatic N) is 2. The highest BCUT2D eigenvalue weighted by Crippen LogP contribution is 2.32. The van der Waals surface area contributed by atoms with E-state index in [1.807, 2.05) is 55.5 Å². The van der Waals surface area contributed by atoms with Gasteiger partial charge in [-0.2, -0.15) is 5.10 Å². The quantitative estimate of drug-likeness (QED) is 0.480. The minimum absolute atomic E-state index is 0.0162. The van der Waals surface area contributed by atoms with Gasteiger partial charge in [-0.15, -0.1) is 0 Å². The van der Waals surface area contributed by atoms with Crippen LogP contribution in [0.1, 0.15) is 60.3 Å². The molecule has 0 atom stereocenters. The molecule has 2 aromatic carbocycles. The minimum Gasteiger partial charge on any atom is -0.489 e. The fourth-order valence-corrected chi connectivity index (χ4v) is 4.59. The highest BCUT2D eigenvalue weighted by Gasteiger charge is 2.28. The maximum atomic E-state index is 13.2. The molecular weight excluding hydrogens is 452 g/mol. The summed E-state index contributed by atoms with van der Waals surface area (Å²) in [6, 6.07) is 15.8. The zero-order valence-corrected chi connectivity index (χ0v) is 20.1. The lowest BCUT2D eigenvalue weighted by atomic mass is 9.91. The van der Waals surface area contributed by atoms with E-state index in [0.717, 1.165) is 42.6 Å². The number of hydrogen-bond acceptors (Lipinski definition) is 4. The van der Waals surface area contributed by atoms with Crippen LogP contribution in [0.2, 0.25) is 5.02 Å². The molecule has 1 fully saturated rings. The molecule has 2 N–H and O–H groups in total. The number of halogens is 1. The molecule has 0 aliphatic heterocycles. The van der Waals surface area contributed by atoms with Crippen molar-refractivity contribution in [2.75, 3.05) is 5.32 Å². The van der Waals surface area contributed by atoms with Crippen LogP contribution >= 0.6 is 11.6 Å². The van der Waals surface area contributed by atoms with Gasteiger partial charge in [-0.05, 0) is 61.9 Å². The van der Waals surface area contributed by atoms with E-state index < -0.39 is 0 Å². The number of amides is 2. The highest BCUT2D eigenvalue weighted by molar-refractivity contribution is 6.34. The van der Waals surface area contributed by atoms with Crippen LogP contribution in [0.15, 0.2) is 54.7 Å². The van der Waals surface area contributed by atoms with Crippen LogP contribution in [0.3, 0.4) is 0 Å². The molecule has 1 saturated carbocycles. The summed E-state index contributed by atoms with van der Waals surface area (Å²) in [6.07, 6.45) is 4.83. The fraction of sp³-hybridized carbons (Fsp3) is 0.346. The van der Waals surface area contributed by atoms with Gasteiger partial charge < -0.3 is 15.4 Å². The molecule has 2 amide bonds. The monoisotopic (exact) mass is 480 g/mol. The van der Waals surface area contributed by atoms with E-state index in [1.165, 1.54) is 13.1 Å². The van der Waals surface area contributed by atoms with Crippen molar-refractivity contribution in [2.45, 2.75) is 58.2 Å². The number of nitrogens with one attached hydrogen (secondary N) is 2. The van der Waals surface area contributed by atoms with Gasteiger partial charge >= 0.3 is 0 Å². The molecule has 178 valence electrons. The molecule has 1 aliphatic carbocycles. The molecule has 4 rings (SSSR count). The predicted molar refractivity (Wildman–Crippen MR) is 132 cm³/mol. The predicted octanol–water partition coefficient (Wildman–Crippen LogP) is 5.30. The number of aromatic nitrogens is 2. The van der Waals surface area contributed by atoms with Crippen molar-refractivity contribution >= 4 is 29.1 Å². The number of aryl methyl sites for hydroxylation is 1. The van der Waals surface area contributed by atoms with Crippen molar-refractivity contribution in [3.63, 3.8) is 0 Å². The molecule has 0 saturated heterocycles. The highest BCUT2D eigenvalue weighted by atomic mass is 35.5. The first-order chi connectivity index (χ1) is 16.4. The fourth-order valence-electron chi connectivity index (χ4n) is 4.37. The van der Waals surface area contributed by atoms with Gasteiger partial charge in [0.05, 0.1) is 17.3 Å². The SMILES string of the molecule is CC(=O)NC1CCC(n2ncc(Cl)c2C(=O)Nc2ccc(OCc3ccccc3)cc2C)CC1. The normalized spacial score (nSPS) is 17.7. The van der Waals surface area contributed by atoms with E-state index in [4.69, 9.17) is 16.3 Å². The first-order valence-corrected chi connectivity index (χ1v) is 11.9. The van der Waals surface area contributed by atoms with Gasteiger partial charge in [0.1, 0.15) is 18.1 Å². The van der Waals surface area contributed by atoms with E-state index in [0.29, 0.717) is 23.0 Å². The summed E-state index contributed by atoms with van der Waals surface area (Å²) >= 11 is 6.37. The Kier molecular flexibility index (Phi) is 7.53. The van der Waals surface area contributed by atoms with Gasteiger partial charge in [0.2, 0.25) is 5.91 Å². The Bertz CT molecular complexity index is 1150. The van der Waals surface area contributed by atoms with Crippen molar-refractivity contribution < 1.29 is 14.3 Å². The molecule has 0 bridgehead atoms. The third kappa shape index (κ3) is 5.78. The van der Waals surface area contributed by atoms with Crippen LogP contribution < -0.4 is 15.4 Å². The maximum Gasteiger partial charge on any atom is 0.275 e. The largest absolute Gasteiger partial charge is 0.489 e. The summed E-state index contributed by atoms with van der Waals surface area (Å²) in [5.74, 6) is 0.420. The number of benzene rings is 2. The van der Waals surface area contributed by atoms with Crippen molar-refractivity contribution in [3.05, 3.63) is 76.6 Å². The van der Waals surface area contributed by atoms with Crippen molar-refractivity contribution in [1.82, 2.24) is 15.1 Å². The van der Waals surface area contributed by atoms with Gasteiger partial charge in [-0.3, -0.25) is 14.3 Å². The second-order valence-corrected chi connectivity index (χ2v) is 9.10. The van der Waals surface area contributed by atoms with Gasteiger partial charge in [-0.1, -0.05) is 41.9 Å². The number of anilines is 1. The average molecular weight is 481 g/mol. The molecule has 8 heteroatoms. The third-order valence-corrected chi connectivity index (χ3v) is 6.39. The van der Waals surface area contributed by atoms with Crippen molar-refractivity contribution in [3.8, 4) is 5.75 Å². The lowest BCUT2D eigenvalue weighted by Gasteiger charge is -2.29. The van der Waals surface area contributed by atoms with Crippen LogP contribution in [-0.4, -0.2) is 27.6 Å². The summed E-state index contributed by atoms with van der Waals surface area (Å²) in [4.78, 5) is 24.5. The molecule has 3 aromatic rings. The Balaban J connectivity index is 1.41. The Labute approximate surface area is 204 Å². The second kappa shape index (κ2) is 10.7. The Morgan fingerprint density at radius 1 is 1.12 bits per heavy atom. The Morgan fingerprint density at radius 3 is 2.53 bits per heavy atom. The van der Waals surface area contributed by atoms with Crippen LogP contribution in [0.5, 0.6) is 5.75 Å². The standard InChI is InChI=1S/C26H29ClN4O3/c1-17-14-22(34-16-19-6-4-3-5-7-19)12-13-24(17)30-26(33)25-23(27)15-28-31(25)21-10-8-20(9-11-21)29-18(2)32/h3-7,12-15,20-21H,8-11,16H2,1-2H3,(H,29,32)(H,30,33). The molecular formula is C26H29ClN4O3.